The third-order valence-electron chi connectivity index (χ3n) is 4.10. The van der Waals surface area contributed by atoms with Crippen LogP contribution in [0.4, 0.5) is 5.13 Å². The van der Waals surface area contributed by atoms with Crippen LogP contribution in [0.5, 0.6) is 0 Å². The number of likely N-dealkylation sites (tertiary alicyclic amines) is 1. The number of nitrogens with one attached hydrogen (secondary N) is 1. The lowest BCUT2D eigenvalue weighted by Gasteiger charge is -2.35. The Morgan fingerprint density at radius 3 is 3.10 bits per heavy atom. The molecule has 1 aliphatic rings. The molecule has 2 unspecified atom stereocenters. The van der Waals surface area contributed by atoms with Crippen LogP contribution in [0.15, 0.2) is 5.38 Å². The zero-order chi connectivity index (χ0) is 14.5. The molecule has 0 radical (unpaired) electrons. The predicted molar refractivity (Wildman–Crippen MR) is 87.7 cm³/mol. The summed E-state index contributed by atoms with van der Waals surface area (Å²) in [4.78, 5) is 9.62. The van der Waals surface area contributed by atoms with Gasteiger partial charge in [-0.15, -0.1) is 11.3 Å². The number of hydrogen-bond acceptors (Lipinski definition) is 5. The highest BCUT2D eigenvalue weighted by atomic mass is 32.1. The van der Waals surface area contributed by atoms with Crippen molar-refractivity contribution in [1.82, 2.24) is 15.2 Å². The zero-order valence-electron chi connectivity index (χ0n) is 13.2. The van der Waals surface area contributed by atoms with Gasteiger partial charge in [-0.1, -0.05) is 6.92 Å². The Kier molecular flexibility index (Phi) is 5.81. The summed E-state index contributed by atoms with van der Waals surface area (Å²) in [5.41, 5.74) is 1.18. The second-order valence-electron chi connectivity index (χ2n) is 5.90. The fourth-order valence-electron chi connectivity index (χ4n) is 2.71. The molecule has 1 fully saturated rings. The molecular weight excluding hydrogens is 268 g/mol. The SMILES string of the molecule is CCCNC(C)c1csc(N(C)C2CCCN(C)C2)n1. The average Bonchev–Trinajstić information content (AvgIpc) is 2.93. The number of hydrogen-bond donors (Lipinski definition) is 1. The normalized spacial score (nSPS) is 21.9. The molecule has 5 heteroatoms. The third-order valence-corrected chi connectivity index (χ3v) is 5.05. The molecular formula is C15H28N4S. The van der Waals surface area contributed by atoms with Gasteiger partial charge in [-0.05, 0) is 46.3 Å². The fourth-order valence-corrected chi connectivity index (χ4v) is 3.67. The van der Waals surface area contributed by atoms with Crippen LogP contribution in [0, 0.1) is 0 Å². The van der Waals surface area contributed by atoms with E-state index < -0.39 is 0 Å². The molecule has 1 aliphatic heterocycles. The van der Waals surface area contributed by atoms with E-state index in [4.69, 9.17) is 4.98 Å². The number of anilines is 1. The van der Waals surface area contributed by atoms with E-state index in [1.54, 1.807) is 11.3 Å². The second kappa shape index (κ2) is 7.38. The highest BCUT2D eigenvalue weighted by Gasteiger charge is 2.23. The summed E-state index contributed by atoms with van der Waals surface area (Å²) in [6.45, 7) is 7.82. The van der Waals surface area contributed by atoms with Gasteiger partial charge in [0.25, 0.3) is 0 Å². The van der Waals surface area contributed by atoms with Crippen LogP contribution in [0.3, 0.4) is 0 Å². The van der Waals surface area contributed by atoms with Gasteiger partial charge in [0, 0.05) is 31.1 Å². The zero-order valence-corrected chi connectivity index (χ0v) is 14.0. The van der Waals surface area contributed by atoms with Crippen LogP contribution < -0.4 is 10.2 Å². The van der Waals surface area contributed by atoms with Gasteiger partial charge in [0.05, 0.1) is 5.69 Å². The van der Waals surface area contributed by atoms with E-state index in [1.165, 1.54) is 25.1 Å². The minimum Gasteiger partial charge on any atom is -0.347 e. The van der Waals surface area contributed by atoms with E-state index in [2.05, 4.69) is 48.4 Å². The third kappa shape index (κ3) is 3.93. The van der Waals surface area contributed by atoms with Gasteiger partial charge in [-0.25, -0.2) is 4.98 Å². The van der Waals surface area contributed by atoms with Crippen molar-refractivity contribution < 1.29 is 0 Å². The van der Waals surface area contributed by atoms with E-state index in [0.29, 0.717) is 12.1 Å². The Hall–Kier alpha value is -0.650. The van der Waals surface area contributed by atoms with Gasteiger partial charge in [-0.3, -0.25) is 0 Å². The maximum Gasteiger partial charge on any atom is 0.185 e. The molecule has 0 aromatic carbocycles. The van der Waals surface area contributed by atoms with E-state index in [0.717, 1.165) is 24.6 Å². The van der Waals surface area contributed by atoms with E-state index in [-0.39, 0.29) is 0 Å². The van der Waals surface area contributed by atoms with Gasteiger partial charge < -0.3 is 15.1 Å². The standard InChI is InChI=1S/C15H28N4S/c1-5-8-16-12(2)14-11-20-15(17-14)19(4)13-7-6-9-18(3)10-13/h11-13,16H,5-10H2,1-4H3. The molecule has 1 aromatic heterocycles. The van der Waals surface area contributed by atoms with Crippen molar-refractivity contribution in [2.24, 2.45) is 0 Å². The molecule has 0 aliphatic carbocycles. The van der Waals surface area contributed by atoms with E-state index >= 15 is 0 Å². The number of nitrogens with zero attached hydrogens (tertiary/aromatic N) is 3. The monoisotopic (exact) mass is 296 g/mol. The van der Waals surface area contributed by atoms with E-state index in [9.17, 15) is 0 Å². The first-order valence-electron chi connectivity index (χ1n) is 7.72. The molecule has 0 spiro atoms. The number of rotatable bonds is 6. The first kappa shape index (κ1) is 15.7. The summed E-state index contributed by atoms with van der Waals surface area (Å²) in [6.07, 6.45) is 3.73. The molecule has 0 bridgehead atoms. The Morgan fingerprint density at radius 2 is 2.40 bits per heavy atom. The number of likely N-dealkylation sites (N-methyl/N-ethyl adjacent to an activating group) is 2. The lowest BCUT2D eigenvalue weighted by Crippen LogP contribution is -2.45. The van der Waals surface area contributed by atoms with E-state index in [1.807, 2.05) is 0 Å². The highest BCUT2D eigenvalue weighted by molar-refractivity contribution is 7.13. The largest absolute Gasteiger partial charge is 0.347 e. The molecule has 1 aromatic rings. The van der Waals surface area contributed by atoms with Crippen LogP contribution in [0.1, 0.15) is 44.8 Å². The maximum atomic E-state index is 4.83. The van der Waals surface area contributed by atoms with Crippen LogP contribution in [-0.2, 0) is 0 Å². The Balaban J connectivity index is 1.96. The van der Waals surface area contributed by atoms with Crippen molar-refractivity contribution in [1.29, 1.82) is 0 Å². The van der Waals surface area contributed by atoms with Crippen LogP contribution in [0.25, 0.3) is 0 Å². The molecule has 0 amide bonds. The highest BCUT2D eigenvalue weighted by Crippen LogP contribution is 2.26. The predicted octanol–water partition coefficient (Wildman–Crippen LogP) is 2.73. The first-order chi connectivity index (χ1) is 9.61. The van der Waals surface area contributed by atoms with Crippen molar-refractivity contribution >= 4 is 16.5 Å². The number of thiazole rings is 1. The average molecular weight is 296 g/mol. The van der Waals surface area contributed by atoms with Gasteiger partial charge >= 0.3 is 0 Å². The van der Waals surface area contributed by atoms with Gasteiger partial charge in [-0.2, -0.15) is 0 Å². The smallest absolute Gasteiger partial charge is 0.185 e. The lowest BCUT2D eigenvalue weighted by atomic mass is 10.1. The van der Waals surface area contributed by atoms with Crippen molar-refractivity contribution in [3.63, 3.8) is 0 Å². The van der Waals surface area contributed by atoms with Crippen LogP contribution >= 0.6 is 11.3 Å². The number of piperidine rings is 1. The molecule has 1 saturated heterocycles. The summed E-state index contributed by atoms with van der Waals surface area (Å²) < 4.78 is 0. The molecule has 1 N–H and O–H groups in total. The minimum atomic E-state index is 0.349. The molecule has 20 heavy (non-hydrogen) atoms. The second-order valence-corrected chi connectivity index (χ2v) is 6.74. The number of aromatic nitrogens is 1. The molecule has 0 saturated carbocycles. The Labute approximate surface area is 127 Å². The maximum absolute atomic E-state index is 4.83. The summed E-state index contributed by atoms with van der Waals surface area (Å²) in [5, 5.41) is 6.86. The van der Waals surface area contributed by atoms with Gasteiger partial charge in [0.2, 0.25) is 0 Å². The van der Waals surface area contributed by atoms with Crippen molar-refractivity contribution in [2.45, 2.75) is 45.2 Å². The summed E-state index contributed by atoms with van der Waals surface area (Å²) in [6, 6.07) is 0.953. The Morgan fingerprint density at radius 1 is 1.60 bits per heavy atom. The van der Waals surface area contributed by atoms with Crippen molar-refractivity contribution in [3.05, 3.63) is 11.1 Å². The fraction of sp³-hybridized carbons (Fsp3) is 0.800. The molecule has 114 valence electrons. The minimum absolute atomic E-state index is 0.349. The molecule has 2 rings (SSSR count). The summed E-state index contributed by atoms with van der Waals surface area (Å²) in [5.74, 6) is 0. The molecule has 2 atom stereocenters. The van der Waals surface area contributed by atoms with Crippen LogP contribution in [-0.4, -0.2) is 49.7 Å². The lowest BCUT2D eigenvalue weighted by molar-refractivity contribution is 0.248. The quantitative estimate of drug-likeness (QED) is 0.874. The van der Waals surface area contributed by atoms with Crippen molar-refractivity contribution in [3.8, 4) is 0 Å². The summed E-state index contributed by atoms with van der Waals surface area (Å²) in [7, 11) is 4.40. The topological polar surface area (TPSA) is 31.4 Å². The van der Waals surface area contributed by atoms with Crippen molar-refractivity contribution in [2.75, 3.05) is 38.6 Å². The summed E-state index contributed by atoms with van der Waals surface area (Å²) >= 11 is 1.77. The molecule has 4 nitrogen and oxygen atoms in total. The molecule has 2 heterocycles. The first-order valence-corrected chi connectivity index (χ1v) is 8.60. The van der Waals surface area contributed by atoms with Gasteiger partial charge in [0.1, 0.15) is 0 Å². The van der Waals surface area contributed by atoms with Crippen LogP contribution in [0.2, 0.25) is 0 Å². The Bertz CT molecular complexity index is 406. The van der Waals surface area contributed by atoms with Gasteiger partial charge in [0.15, 0.2) is 5.13 Å².